The third-order valence-corrected chi connectivity index (χ3v) is 3.17. The molecular weight excluding hydrogens is 216 g/mol. The van der Waals surface area contributed by atoms with E-state index in [1.54, 1.807) is 0 Å². The Morgan fingerprint density at radius 1 is 1.53 bits per heavy atom. The van der Waals surface area contributed by atoms with Gasteiger partial charge >= 0.3 is 5.97 Å². The Morgan fingerprint density at radius 3 is 3.18 bits per heavy atom. The highest BCUT2D eigenvalue weighted by molar-refractivity contribution is 5.80. The Morgan fingerprint density at radius 2 is 2.35 bits per heavy atom. The van der Waals surface area contributed by atoms with Gasteiger partial charge in [-0.1, -0.05) is 18.2 Å². The number of ether oxygens (including phenoxy) is 1. The molecule has 0 aliphatic heterocycles. The highest BCUT2D eigenvalue weighted by Gasteiger charge is 2.46. The molecule has 2 aromatic rings. The van der Waals surface area contributed by atoms with E-state index in [1.165, 1.54) is 0 Å². The van der Waals surface area contributed by atoms with Crippen LogP contribution in [0.25, 0.3) is 10.9 Å². The number of hydrogen-bond acceptors (Lipinski definition) is 3. The zero-order chi connectivity index (χ0) is 11.8. The Labute approximate surface area is 99.2 Å². The van der Waals surface area contributed by atoms with Crippen molar-refractivity contribution < 1.29 is 9.53 Å². The number of hydrogen-bond donors (Lipinski definition) is 0. The number of rotatable bonds is 3. The van der Waals surface area contributed by atoms with E-state index >= 15 is 0 Å². The predicted molar refractivity (Wildman–Crippen MR) is 63.5 cm³/mol. The number of benzene rings is 1. The van der Waals surface area contributed by atoms with Gasteiger partial charge in [0.25, 0.3) is 0 Å². The molecule has 0 saturated heterocycles. The van der Waals surface area contributed by atoms with E-state index in [2.05, 4.69) is 5.10 Å². The summed E-state index contributed by atoms with van der Waals surface area (Å²) in [4.78, 5) is 11.6. The van der Waals surface area contributed by atoms with Crippen molar-refractivity contribution in [1.82, 2.24) is 9.78 Å². The fraction of sp³-hybridized carbons (Fsp3) is 0.385. The number of carbonyl (C=O) groups excluding carboxylic acids is 1. The van der Waals surface area contributed by atoms with Crippen LogP contribution < -0.4 is 0 Å². The predicted octanol–water partition coefficient (Wildman–Crippen LogP) is 2.16. The number of nitrogens with zero attached hydrogens (tertiary/aromatic N) is 2. The Bertz CT molecular complexity index is 561. The van der Waals surface area contributed by atoms with Crippen LogP contribution >= 0.6 is 0 Å². The van der Waals surface area contributed by atoms with Gasteiger partial charge in [0, 0.05) is 5.39 Å². The van der Waals surface area contributed by atoms with Gasteiger partial charge in [-0.3, -0.25) is 9.48 Å². The lowest BCUT2D eigenvalue weighted by Gasteiger charge is -2.03. The third-order valence-electron chi connectivity index (χ3n) is 3.17. The quantitative estimate of drug-likeness (QED) is 0.759. The number of para-hydroxylation sites is 1. The molecule has 1 aromatic heterocycles. The Balaban J connectivity index is 1.85. The molecule has 1 saturated carbocycles. The molecule has 0 amide bonds. The van der Waals surface area contributed by atoms with E-state index in [9.17, 15) is 4.79 Å². The van der Waals surface area contributed by atoms with Crippen molar-refractivity contribution in [1.29, 1.82) is 0 Å². The second-order valence-electron chi connectivity index (χ2n) is 4.31. The van der Waals surface area contributed by atoms with E-state index in [-0.39, 0.29) is 17.9 Å². The van der Waals surface area contributed by atoms with Crippen LogP contribution in [0.5, 0.6) is 0 Å². The highest BCUT2D eigenvalue weighted by Crippen LogP contribution is 2.45. The normalized spacial score (nSPS) is 22.6. The van der Waals surface area contributed by atoms with Gasteiger partial charge in [-0.15, -0.1) is 0 Å². The lowest BCUT2D eigenvalue weighted by atomic mass is 10.2. The van der Waals surface area contributed by atoms with Crippen LogP contribution in [-0.2, 0) is 9.53 Å². The lowest BCUT2D eigenvalue weighted by molar-refractivity contribution is -0.144. The van der Waals surface area contributed by atoms with Crippen molar-refractivity contribution in [3.63, 3.8) is 0 Å². The largest absolute Gasteiger partial charge is 0.466 e. The number of aromatic nitrogens is 2. The Kier molecular flexibility index (Phi) is 2.35. The average Bonchev–Trinajstić information content (AvgIpc) is 3.02. The van der Waals surface area contributed by atoms with Crippen LogP contribution in [0.4, 0.5) is 0 Å². The van der Waals surface area contributed by atoms with Crippen molar-refractivity contribution in [3.05, 3.63) is 30.5 Å². The Hall–Kier alpha value is -1.84. The minimum atomic E-state index is -0.0999. The fourth-order valence-electron chi connectivity index (χ4n) is 2.21. The second kappa shape index (κ2) is 3.87. The zero-order valence-corrected chi connectivity index (χ0v) is 9.67. The third kappa shape index (κ3) is 1.69. The number of esters is 1. The van der Waals surface area contributed by atoms with Gasteiger partial charge in [-0.05, 0) is 19.4 Å². The minimum absolute atomic E-state index is 0.0155. The van der Waals surface area contributed by atoms with Crippen molar-refractivity contribution in [2.75, 3.05) is 6.61 Å². The van der Waals surface area contributed by atoms with E-state index in [4.69, 9.17) is 4.74 Å². The molecule has 1 fully saturated rings. The molecule has 0 bridgehead atoms. The molecule has 3 rings (SSSR count). The fourth-order valence-corrected chi connectivity index (χ4v) is 2.21. The summed E-state index contributed by atoms with van der Waals surface area (Å²) in [7, 11) is 0. The monoisotopic (exact) mass is 230 g/mol. The topological polar surface area (TPSA) is 44.1 Å². The molecule has 4 nitrogen and oxygen atoms in total. The summed E-state index contributed by atoms with van der Waals surface area (Å²) < 4.78 is 6.97. The average molecular weight is 230 g/mol. The van der Waals surface area contributed by atoms with E-state index < -0.39 is 0 Å². The summed E-state index contributed by atoms with van der Waals surface area (Å²) in [5.41, 5.74) is 1.09. The molecule has 17 heavy (non-hydrogen) atoms. The number of carbonyl (C=O) groups is 1. The smallest absolute Gasteiger partial charge is 0.311 e. The van der Waals surface area contributed by atoms with Gasteiger partial charge < -0.3 is 4.74 Å². The maximum absolute atomic E-state index is 11.6. The van der Waals surface area contributed by atoms with E-state index in [1.807, 2.05) is 42.1 Å². The molecule has 88 valence electrons. The highest BCUT2D eigenvalue weighted by atomic mass is 16.5. The number of fused-ring (bicyclic) bond motifs is 1. The summed E-state index contributed by atoms with van der Waals surface area (Å²) in [6.45, 7) is 2.28. The molecule has 1 heterocycles. The maximum Gasteiger partial charge on any atom is 0.311 e. The van der Waals surface area contributed by atoms with Crippen LogP contribution in [-0.4, -0.2) is 22.4 Å². The van der Waals surface area contributed by atoms with Crippen molar-refractivity contribution in [2.24, 2.45) is 5.92 Å². The van der Waals surface area contributed by atoms with Gasteiger partial charge in [-0.2, -0.15) is 5.10 Å². The summed E-state index contributed by atoms with van der Waals surface area (Å²) in [5, 5.41) is 5.47. The minimum Gasteiger partial charge on any atom is -0.466 e. The molecule has 0 radical (unpaired) electrons. The van der Waals surface area contributed by atoms with Gasteiger partial charge in [0.2, 0.25) is 0 Å². The summed E-state index contributed by atoms with van der Waals surface area (Å²) >= 11 is 0. The summed E-state index contributed by atoms with van der Waals surface area (Å²) in [5.74, 6) is -0.115. The van der Waals surface area contributed by atoms with Crippen LogP contribution in [0.15, 0.2) is 30.5 Å². The summed E-state index contributed by atoms with van der Waals surface area (Å²) in [6.07, 6.45) is 2.68. The van der Waals surface area contributed by atoms with Gasteiger partial charge in [0.15, 0.2) is 0 Å². The van der Waals surface area contributed by atoms with Crippen LogP contribution in [0, 0.1) is 5.92 Å². The molecule has 1 aliphatic carbocycles. The van der Waals surface area contributed by atoms with Gasteiger partial charge in [0.1, 0.15) is 0 Å². The van der Waals surface area contributed by atoms with Crippen LogP contribution in [0.3, 0.4) is 0 Å². The maximum atomic E-state index is 11.6. The van der Waals surface area contributed by atoms with Crippen molar-refractivity contribution in [2.45, 2.75) is 19.4 Å². The van der Waals surface area contributed by atoms with Gasteiger partial charge in [0.05, 0.1) is 30.3 Å². The van der Waals surface area contributed by atoms with E-state index in [0.29, 0.717) is 6.61 Å². The molecule has 1 aliphatic rings. The standard InChI is InChI=1S/C13H14N2O2/c1-2-17-13(16)10-7-12(10)15-11-6-4-3-5-9(11)8-14-15/h3-6,8,10,12H,2,7H2,1H3/t10-,12-/m1/s1. The zero-order valence-electron chi connectivity index (χ0n) is 9.67. The first-order chi connectivity index (χ1) is 8.31. The first kappa shape index (κ1) is 10.3. The molecular formula is C13H14N2O2. The summed E-state index contributed by atoms with van der Waals surface area (Å²) in [6, 6.07) is 8.21. The molecule has 0 unspecified atom stereocenters. The molecule has 4 heteroatoms. The molecule has 2 atom stereocenters. The first-order valence-corrected chi connectivity index (χ1v) is 5.90. The van der Waals surface area contributed by atoms with Crippen molar-refractivity contribution in [3.8, 4) is 0 Å². The van der Waals surface area contributed by atoms with Crippen LogP contribution in [0.2, 0.25) is 0 Å². The first-order valence-electron chi connectivity index (χ1n) is 5.90. The molecule has 0 N–H and O–H groups in total. The van der Waals surface area contributed by atoms with Crippen molar-refractivity contribution >= 4 is 16.9 Å². The van der Waals surface area contributed by atoms with Crippen LogP contribution in [0.1, 0.15) is 19.4 Å². The van der Waals surface area contributed by atoms with Gasteiger partial charge in [-0.25, -0.2) is 0 Å². The molecule has 1 aromatic carbocycles. The second-order valence-corrected chi connectivity index (χ2v) is 4.31. The van der Waals surface area contributed by atoms with E-state index in [0.717, 1.165) is 17.3 Å². The SMILES string of the molecule is CCOC(=O)[C@@H]1C[C@H]1n1ncc2ccccc21. The molecule has 0 spiro atoms. The lowest BCUT2D eigenvalue weighted by Crippen LogP contribution is -2.09.